The molecule has 3 heteroatoms. The predicted octanol–water partition coefficient (Wildman–Crippen LogP) is 2.95. The molecule has 1 aromatic rings. The molecule has 0 aromatic heterocycles. The van der Waals surface area contributed by atoms with Gasteiger partial charge in [-0.15, -0.1) is 0 Å². The van der Waals surface area contributed by atoms with Crippen molar-refractivity contribution in [1.29, 1.82) is 0 Å². The van der Waals surface area contributed by atoms with Gasteiger partial charge in [0.05, 0.1) is 0 Å². The topological polar surface area (TPSA) is 46.2 Å². The number of hydrogen-bond donors (Lipinski definition) is 1. The van der Waals surface area contributed by atoms with E-state index in [0.717, 1.165) is 24.1 Å². The van der Waals surface area contributed by atoms with E-state index >= 15 is 0 Å². The summed E-state index contributed by atoms with van der Waals surface area (Å²) in [5.41, 5.74) is 3.23. The van der Waals surface area contributed by atoms with Gasteiger partial charge in [0.25, 0.3) is 0 Å². The van der Waals surface area contributed by atoms with Crippen LogP contribution in [-0.4, -0.2) is 11.7 Å². The second-order valence-corrected chi connectivity index (χ2v) is 4.61. The van der Waals surface area contributed by atoms with Gasteiger partial charge >= 0.3 is 0 Å². The predicted molar refractivity (Wildman–Crippen MR) is 72.3 cm³/mol. The third kappa shape index (κ3) is 3.29. The number of ketones is 1. The molecule has 1 heterocycles. The Morgan fingerprint density at radius 3 is 3.00 bits per heavy atom. The van der Waals surface area contributed by atoms with Crippen LogP contribution in [0, 0.1) is 0 Å². The molecule has 0 spiro atoms. The van der Waals surface area contributed by atoms with Gasteiger partial charge in [-0.2, -0.15) is 0 Å². The lowest BCUT2D eigenvalue weighted by Gasteiger charge is -2.16. The number of Topliss-reactive ketones (excluding diaryl/α,β-unsaturated/α-hetero) is 1. The number of allylic oxidation sites excluding steroid dienone is 1. The molecular formula is C15H17NO2. The molecule has 1 aliphatic rings. The van der Waals surface area contributed by atoms with E-state index in [1.165, 1.54) is 5.56 Å². The van der Waals surface area contributed by atoms with Crippen molar-refractivity contribution in [3.05, 3.63) is 35.4 Å². The fourth-order valence-corrected chi connectivity index (χ4v) is 2.01. The van der Waals surface area contributed by atoms with Gasteiger partial charge in [0.2, 0.25) is 5.91 Å². The summed E-state index contributed by atoms with van der Waals surface area (Å²) in [6, 6.07) is 6.02. The maximum atomic E-state index is 11.2. The van der Waals surface area contributed by atoms with Gasteiger partial charge in [-0.25, -0.2) is 0 Å². The molecule has 1 aromatic carbocycles. The molecular weight excluding hydrogens is 226 g/mol. The minimum atomic E-state index is 0.0900. The first kappa shape index (κ1) is 12.6. The largest absolute Gasteiger partial charge is 0.326 e. The number of carbonyl (C=O) groups is 2. The van der Waals surface area contributed by atoms with E-state index in [1.54, 1.807) is 6.92 Å². The summed E-state index contributed by atoms with van der Waals surface area (Å²) in [6.45, 7) is 1.61. The Balaban J connectivity index is 2.03. The zero-order chi connectivity index (χ0) is 13.0. The Labute approximate surface area is 107 Å². The van der Waals surface area contributed by atoms with E-state index in [-0.39, 0.29) is 11.7 Å². The third-order valence-electron chi connectivity index (χ3n) is 3.00. The van der Waals surface area contributed by atoms with E-state index in [9.17, 15) is 9.59 Å². The first-order valence-corrected chi connectivity index (χ1v) is 6.24. The van der Waals surface area contributed by atoms with Crippen molar-refractivity contribution in [3.63, 3.8) is 0 Å². The number of amides is 1. The van der Waals surface area contributed by atoms with Gasteiger partial charge in [-0.1, -0.05) is 18.2 Å². The summed E-state index contributed by atoms with van der Waals surface area (Å²) >= 11 is 0. The molecule has 0 fully saturated rings. The molecule has 1 N–H and O–H groups in total. The SMILES string of the molecule is CC(=O)CC/C=C/c1ccc2c(c1)CCC(=O)N2. The van der Waals surface area contributed by atoms with Crippen LogP contribution in [0.5, 0.6) is 0 Å². The molecule has 1 amide bonds. The van der Waals surface area contributed by atoms with Crippen molar-refractivity contribution in [3.8, 4) is 0 Å². The fourth-order valence-electron chi connectivity index (χ4n) is 2.01. The first-order valence-electron chi connectivity index (χ1n) is 6.24. The molecule has 0 saturated heterocycles. The molecule has 0 radical (unpaired) electrons. The van der Waals surface area contributed by atoms with Gasteiger partial charge in [-0.05, 0) is 43.0 Å². The number of fused-ring (bicyclic) bond motifs is 1. The van der Waals surface area contributed by atoms with Gasteiger partial charge in [0, 0.05) is 18.5 Å². The maximum absolute atomic E-state index is 11.2. The average molecular weight is 243 g/mol. The van der Waals surface area contributed by atoms with Crippen LogP contribution in [0.3, 0.4) is 0 Å². The molecule has 2 rings (SSSR count). The normalized spacial score (nSPS) is 14.4. The smallest absolute Gasteiger partial charge is 0.224 e. The Morgan fingerprint density at radius 1 is 1.39 bits per heavy atom. The first-order chi connectivity index (χ1) is 8.65. The Bertz CT molecular complexity index is 503. The van der Waals surface area contributed by atoms with Gasteiger partial charge in [-0.3, -0.25) is 4.79 Å². The van der Waals surface area contributed by atoms with E-state index in [0.29, 0.717) is 12.8 Å². The molecule has 0 unspecified atom stereocenters. The minimum Gasteiger partial charge on any atom is -0.326 e. The van der Waals surface area contributed by atoms with Crippen LogP contribution in [-0.2, 0) is 16.0 Å². The summed E-state index contributed by atoms with van der Waals surface area (Å²) in [7, 11) is 0. The van der Waals surface area contributed by atoms with Crippen LogP contribution in [0.1, 0.15) is 37.3 Å². The maximum Gasteiger partial charge on any atom is 0.224 e. The van der Waals surface area contributed by atoms with E-state index in [1.807, 2.05) is 24.3 Å². The average Bonchev–Trinajstić information content (AvgIpc) is 2.34. The lowest BCUT2D eigenvalue weighted by atomic mass is 10.00. The number of rotatable bonds is 4. The number of benzene rings is 1. The van der Waals surface area contributed by atoms with Gasteiger partial charge < -0.3 is 10.1 Å². The third-order valence-corrected chi connectivity index (χ3v) is 3.00. The van der Waals surface area contributed by atoms with Crippen molar-refractivity contribution in [2.24, 2.45) is 0 Å². The lowest BCUT2D eigenvalue weighted by Crippen LogP contribution is -2.18. The molecule has 0 atom stereocenters. The van der Waals surface area contributed by atoms with Crippen molar-refractivity contribution in [2.45, 2.75) is 32.6 Å². The second kappa shape index (κ2) is 5.63. The highest BCUT2D eigenvalue weighted by Crippen LogP contribution is 2.24. The van der Waals surface area contributed by atoms with Gasteiger partial charge in [0.15, 0.2) is 0 Å². The summed E-state index contributed by atoms with van der Waals surface area (Å²) in [4.78, 5) is 22.0. The summed E-state index contributed by atoms with van der Waals surface area (Å²) in [6.07, 6.45) is 6.78. The lowest BCUT2D eigenvalue weighted by molar-refractivity contribution is -0.117. The molecule has 1 aliphatic heterocycles. The molecule has 0 saturated carbocycles. The van der Waals surface area contributed by atoms with E-state index in [4.69, 9.17) is 0 Å². The van der Waals surface area contributed by atoms with Crippen molar-refractivity contribution >= 4 is 23.5 Å². The molecule has 94 valence electrons. The highest BCUT2D eigenvalue weighted by Gasteiger charge is 2.13. The van der Waals surface area contributed by atoms with Gasteiger partial charge in [0.1, 0.15) is 5.78 Å². The summed E-state index contributed by atoms with van der Waals surface area (Å²) in [5.74, 6) is 0.306. The fraction of sp³-hybridized carbons (Fsp3) is 0.333. The minimum absolute atomic E-state index is 0.0900. The zero-order valence-electron chi connectivity index (χ0n) is 10.5. The van der Waals surface area contributed by atoms with Crippen LogP contribution < -0.4 is 5.32 Å². The summed E-state index contributed by atoms with van der Waals surface area (Å²) in [5, 5.41) is 2.86. The number of anilines is 1. The number of carbonyl (C=O) groups excluding carboxylic acids is 2. The van der Waals surface area contributed by atoms with E-state index < -0.39 is 0 Å². The van der Waals surface area contributed by atoms with Crippen molar-refractivity contribution in [2.75, 3.05) is 5.32 Å². The Kier molecular flexibility index (Phi) is 3.92. The standard InChI is InChI=1S/C15H17NO2/c1-11(17)4-2-3-5-12-6-8-14-13(10-12)7-9-15(18)16-14/h3,5-6,8,10H,2,4,7,9H2,1H3,(H,16,18)/b5-3+. The van der Waals surface area contributed by atoms with Crippen LogP contribution >= 0.6 is 0 Å². The Hall–Kier alpha value is -1.90. The van der Waals surface area contributed by atoms with Crippen molar-refractivity contribution < 1.29 is 9.59 Å². The molecule has 0 aliphatic carbocycles. The van der Waals surface area contributed by atoms with Crippen LogP contribution in [0.15, 0.2) is 24.3 Å². The number of hydrogen-bond acceptors (Lipinski definition) is 2. The van der Waals surface area contributed by atoms with Crippen LogP contribution in [0.25, 0.3) is 6.08 Å². The monoisotopic (exact) mass is 243 g/mol. The van der Waals surface area contributed by atoms with E-state index in [2.05, 4.69) is 11.4 Å². The highest BCUT2D eigenvalue weighted by atomic mass is 16.1. The van der Waals surface area contributed by atoms with Crippen molar-refractivity contribution in [1.82, 2.24) is 0 Å². The number of nitrogens with one attached hydrogen (secondary N) is 1. The van der Waals surface area contributed by atoms with Crippen LogP contribution in [0.2, 0.25) is 0 Å². The molecule has 0 bridgehead atoms. The zero-order valence-corrected chi connectivity index (χ0v) is 10.5. The van der Waals surface area contributed by atoms with Crippen LogP contribution in [0.4, 0.5) is 5.69 Å². The molecule has 18 heavy (non-hydrogen) atoms. The summed E-state index contributed by atoms with van der Waals surface area (Å²) < 4.78 is 0. The Morgan fingerprint density at radius 2 is 2.22 bits per heavy atom. The number of aryl methyl sites for hydroxylation is 1. The highest BCUT2D eigenvalue weighted by molar-refractivity contribution is 5.94. The molecule has 3 nitrogen and oxygen atoms in total. The second-order valence-electron chi connectivity index (χ2n) is 4.61. The quantitative estimate of drug-likeness (QED) is 0.883.